The number of para-hydroxylation sites is 2. The largest absolute Gasteiger partial charge is 0.510 e. The zero-order valence-corrected chi connectivity index (χ0v) is 17.9. The van der Waals surface area contributed by atoms with E-state index >= 15 is 0 Å². The minimum Gasteiger partial charge on any atom is -0.510 e. The van der Waals surface area contributed by atoms with Crippen molar-refractivity contribution in [3.8, 4) is 6.07 Å². The quantitative estimate of drug-likeness (QED) is 0.213. The number of nitriles is 1. The molecule has 150 valence electrons. The summed E-state index contributed by atoms with van der Waals surface area (Å²) in [7, 11) is 0. The highest BCUT2D eigenvalue weighted by Gasteiger charge is 2.14. The smallest absolute Gasteiger partial charge is 0.210 e. The lowest BCUT2D eigenvalue weighted by atomic mass is 10.1. The Morgan fingerprint density at radius 1 is 1.20 bits per heavy atom. The van der Waals surface area contributed by atoms with E-state index in [4.69, 9.17) is 0 Å². The number of anilines is 2. The van der Waals surface area contributed by atoms with Crippen molar-refractivity contribution in [3.05, 3.63) is 65.2 Å². The average Bonchev–Trinajstić information content (AvgIpc) is 3.36. The highest BCUT2D eigenvalue weighted by molar-refractivity contribution is 8.01. The molecule has 0 bridgehead atoms. The van der Waals surface area contributed by atoms with E-state index in [9.17, 15) is 10.4 Å². The predicted octanol–water partition coefficient (Wildman–Crippen LogP) is 5.36. The number of aromatic nitrogens is 4. The van der Waals surface area contributed by atoms with Gasteiger partial charge in [-0.2, -0.15) is 5.26 Å². The van der Waals surface area contributed by atoms with Crippen LogP contribution >= 0.6 is 23.1 Å². The second kappa shape index (κ2) is 8.57. The molecule has 4 rings (SSSR count). The second-order valence-electron chi connectivity index (χ2n) is 6.62. The van der Waals surface area contributed by atoms with E-state index in [2.05, 4.69) is 51.5 Å². The van der Waals surface area contributed by atoms with Gasteiger partial charge in [-0.3, -0.25) is 0 Å². The molecule has 0 saturated carbocycles. The predicted molar refractivity (Wildman–Crippen MR) is 121 cm³/mol. The molecule has 0 saturated heterocycles. The molecule has 2 heterocycles. The second-order valence-corrected chi connectivity index (χ2v) is 8.82. The number of aliphatic hydroxyl groups is 1. The van der Waals surface area contributed by atoms with E-state index in [1.54, 1.807) is 0 Å². The summed E-state index contributed by atoms with van der Waals surface area (Å²) < 4.78 is 0.690. The van der Waals surface area contributed by atoms with Gasteiger partial charge in [0, 0.05) is 5.69 Å². The van der Waals surface area contributed by atoms with Crippen LogP contribution < -0.4 is 5.32 Å². The number of hydrogen-bond donors (Lipinski definition) is 3. The molecule has 0 unspecified atom stereocenters. The zero-order valence-electron chi connectivity index (χ0n) is 16.3. The number of hydrogen-bond acceptors (Lipinski definition) is 8. The number of rotatable bonds is 6. The number of aliphatic hydroxyl groups excluding tert-OH is 1. The van der Waals surface area contributed by atoms with Crippen LogP contribution in [0.25, 0.3) is 16.6 Å². The molecule has 2 aromatic heterocycles. The van der Waals surface area contributed by atoms with Gasteiger partial charge < -0.3 is 15.4 Å². The van der Waals surface area contributed by atoms with Crippen molar-refractivity contribution < 1.29 is 5.11 Å². The molecule has 2 aromatic carbocycles. The summed E-state index contributed by atoms with van der Waals surface area (Å²) in [5.41, 5.74) is 5.05. The highest BCUT2D eigenvalue weighted by atomic mass is 32.2. The molecular weight excluding hydrogens is 416 g/mol. The van der Waals surface area contributed by atoms with Crippen LogP contribution in [0.3, 0.4) is 0 Å². The molecular formula is C21H18N6OS2. The maximum atomic E-state index is 10.5. The van der Waals surface area contributed by atoms with Crippen molar-refractivity contribution in [2.24, 2.45) is 0 Å². The Morgan fingerprint density at radius 2 is 2.03 bits per heavy atom. The van der Waals surface area contributed by atoms with Crippen LogP contribution in [0.1, 0.15) is 17.0 Å². The number of thioether (sulfide) groups is 1. The normalized spacial score (nSPS) is 11.9. The summed E-state index contributed by atoms with van der Waals surface area (Å²) in [4.78, 5) is 7.45. The lowest BCUT2D eigenvalue weighted by Crippen LogP contribution is -1.95. The number of aromatic amines is 1. The van der Waals surface area contributed by atoms with Gasteiger partial charge in [-0.25, -0.2) is 4.98 Å². The first-order valence-electron chi connectivity index (χ1n) is 9.11. The van der Waals surface area contributed by atoms with Gasteiger partial charge in [0.2, 0.25) is 5.13 Å². The topological polar surface area (TPSA) is 111 Å². The Bertz CT molecular complexity index is 1250. The zero-order chi connectivity index (χ0) is 21.1. The molecule has 0 amide bonds. The third-order valence-corrected chi connectivity index (χ3v) is 6.51. The summed E-state index contributed by atoms with van der Waals surface area (Å²) in [6.45, 7) is 4.13. The fraction of sp³-hybridized carbons (Fsp3) is 0.143. The Hall–Kier alpha value is -3.35. The SMILES string of the molecule is Cc1ccc(Nc2nnc(SC/C(O)=C(\C#N)c3nc4ccccc4[nH]3)s2)cc1C. The van der Waals surface area contributed by atoms with Gasteiger partial charge >= 0.3 is 0 Å². The number of allylic oxidation sites excluding steroid dienone is 1. The fourth-order valence-electron chi connectivity index (χ4n) is 2.79. The van der Waals surface area contributed by atoms with Crippen molar-refractivity contribution >= 4 is 50.5 Å². The Morgan fingerprint density at radius 3 is 2.80 bits per heavy atom. The van der Waals surface area contributed by atoms with Crippen molar-refractivity contribution in [2.45, 2.75) is 18.2 Å². The van der Waals surface area contributed by atoms with Crippen LogP contribution in [0, 0.1) is 25.2 Å². The molecule has 3 N–H and O–H groups in total. The third-order valence-electron chi connectivity index (χ3n) is 4.52. The lowest BCUT2D eigenvalue weighted by Gasteiger charge is -2.05. The van der Waals surface area contributed by atoms with Gasteiger partial charge in [-0.15, -0.1) is 10.2 Å². The highest BCUT2D eigenvalue weighted by Crippen LogP contribution is 2.30. The van der Waals surface area contributed by atoms with Gasteiger partial charge in [0.15, 0.2) is 10.2 Å². The van der Waals surface area contributed by atoms with Gasteiger partial charge in [0.05, 0.1) is 16.8 Å². The number of aryl methyl sites for hydroxylation is 2. The van der Waals surface area contributed by atoms with Crippen LogP contribution in [0.15, 0.2) is 52.6 Å². The summed E-state index contributed by atoms with van der Waals surface area (Å²) >= 11 is 2.70. The van der Waals surface area contributed by atoms with Crippen molar-refractivity contribution in [1.82, 2.24) is 20.2 Å². The molecule has 30 heavy (non-hydrogen) atoms. The van der Waals surface area contributed by atoms with Crippen LogP contribution in [-0.4, -0.2) is 31.0 Å². The first-order chi connectivity index (χ1) is 14.5. The number of benzene rings is 2. The van der Waals surface area contributed by atoms with Crippen molar-refractivity contribution in [2.75, 3.05) is 11.1 Å². The van der Waals surface area contributed by atoms with Gasteiger partial charge in [0.1, 0.15) is 17.4 Å². The molecule has 7 nitrogen and oxygen atoms in total. The summed E-state index contributed by atoms with van der Waals surface area (Å²) in [5.74, 6) is 0.490. The van der Waals surface area contributed by atoms with E-state index in [0.717, 1.165) is 16.7 Å². The summed E-state index contributed by atoms with van der Waals surface area (Å²) in [6, 6.07) is 15.6. The summed E-state index contributed by atoms with van der Waals surface area (Å²) in [6.07, 6.45) is 0. The Kier molecular flexibility index (Phi) is 5.70. The fourth-order valence-corrected chi connectivity index (χ4v) is 4.44. The minimum absolute atomic E-state index is 0.0552. The number of H-pyrrole nitrogens is 1. The standard InChI is InChI=1S/C21H18N6OS2/c1-12-7-8-14(9-13(12)2)23-20-26-27-21(30-20)29-11-18(28)15(10-22)19-24-16-5-3-4-6-17(16)25-19/h3-9,28H,11H2,1-2H3,(H,23,26)(H,24,25)/b18-15-. The number of nitrogens with zero attached hydrogens (tertiary/aromatic N) is 4. The minimum atomic E-state index is -0.0552. The molecule has 9 heteroatoms. The molecule has 0 aliphatic carbocycles. The van der Waals surface area contributed by atoms with E-state index in [0.29, 0.717) is 15.3 Å². The molecule has 0 atom stereocenters. The third kappa shape index (κ3) is 4.30. The molecule has 0 spiro atoms. The van der Waals surface area contributed by atoms with Gasteiger partial charge in [0.25, 0.3) is 0 Å². The first-order valence-corrected chi connectivity index (χ1v) is 10.9. The molecule has 0 aliphatic rings. The number of imidazole rings is 1. The van der Waals surface area contributed by atoms with Crippen LogP contribution in [0.4, 0.5) is 10.8 Å². The molecule has 4 aromatic rings. The lowest BCUT2D eigenvalue weighted by molar-refractivity contribution is 0.420. The molecule has 0 aliphatic heterocycles. The van der Waals surface area contributed by atoms with Crippen LogP contribution in [0.2, 0.25) is 0 Å². The van der Waals surface area contributed by atoms with E-state index in [1.165, 1.54) is 34.2 Å². The van der Waals surface area contributed by atoms with Gasteiger partial charge in [-0.05, 0) is 49.2 Å². The number of fused-ring (bicyclic) bond motifs is 1. The maximum absolute atomic E-state index is 10.5. The Balaban J connectivity index is 1.45. The molecule has 0 radical (unpaired) electrons. The van der Waals surface area contributed by atoms with E-state index in [1.807, 2.05) is 36.4 Å². The monoisotopic (exact) mass is 434 g/mol. The van der Waals surface area contributed by atoms with Crippen molar-refractivity contribution in [1.29, 1.82) is 5.26 Å². The van der Waals surface area contributed by atoms with Crippen LogP contribution in [-0.2, 0) is 0 Å². The van der Waals surface area contributed by atoms with E-state index < -0.39 is 0 Å². The van der Waals surface area contributed by atoms with E-state index in [-0.39, 0.29) is 17.1 Å². The Labute approximate surface area is 181 Å². The first kappa shape index (κ1) is 19.9. The average molecular weight is 435 g/mol. The van der Waals surface area contributed by atoms with Crippen LogP contribution in [0.5, 0.6) is 0 Å². The molecule has 0 fully saturated rings. The van der Waals surface area contributed by atoms with Gasteiger partial charge in [-0.1, -0.05) is 41.3 Å². The maximum Gasteiger partial charge on any atom is 0.210 e. The number of nitrogens with one attached hydrogen (secondary N) is 2. The summed E-state index contributed by atoms with van der Waals surface area (Å²) in [5, 5.41) is 32.2. The van der Waals surface area contributed by atoms with Crippen molar-refractivity contribution in [3.63, 3.8) is 0 Å².